The van der Waals surface area contributed by atoms with Gasteiger partial charge in [0, 0.05) is 22.1 Å². The van der Waals surface area contributed by atoms with Gasteiger partial charge in [0.2, 0.25) is 0 Å². The van der Waals surface area contributed by atoms with Gasteiger partial charge >= 0.3 is 0 Å². The Hall–Kier alpha value is -1.70. The summed E-state index contributed by atoms with van der Waals surface area (Å²) in [7, 11) is 0. The Balaban J connectivity index is 3.11. The normalized spacial score (nSPS) is 11.0. The molecule has 0 atom stereocenters. The number of nitrogen functional groups attached to an aromatic ring is 2. The average Bonchev–Trinajstić information content (AvgIpc) is 2.20. The van der Waals surface area contributed by atoms with E-state index in [2.05, 4.69) is 27.7 Å². The van der Waals surface area contributed by atoms with Crippen LogP contribution in [-0.2, 0) is 0 Å². The van der Waals surface area contributed by atoms with E-state index in [9.17, 15) is 0 Å². The largest absolute Gasteiger partial charge is 0.398 e. The molecular weight excluding hydrogens is 196 g/mol. The Bertz CT molecular complexity index is 530. The zero-order chi connectivity index (χ0) is 12.0. The van der Waals surface area contributed by atoms with E-state index in [1.807, 2.05) is 12.1 Å². The molecule has 0 radical (unpaired) electrons. The third-order valence-corrected chi connectivity index (χ3v) is 3.50. The van der Waals surface area contributed by atoms with Crippen molar-refractivity contribution in [2.24, 2.45) is 0 Å². The van der Waals surface area contributed by atoms with Crippen LogP contribution in [0.25, 0.3) is 10.8 Å². The minimum absolute atomic E-state index is 0.825. The number of fused-ring (bicyclic) bond motifs is 1. The zero-order valence-corrected chi connectivity index (χ0v) is 10.3. The second-order valence-corrected chi connectivity index (χ2v) is 4.57. The van der Waals surface area contributed by atoms with Crippen LogP contribution in [-0.4, -0.2) is 0 Å². The Morgan fingerprint density at radius 3 is 1.31 bits per heavy atom. The second kappa shape index (κ2) is 3.41. The topological polar surface area (TPSA) is 52.0 Å². The van der Waals surface area contributed by atoms with Gasteiger partial charge < -0.3 is 11.5 Å². The van der Waals surface area contributed by atoms with Crippen molar-refractivity contribution in [3.63, 3.8) is 0 Å². The van der Waals surface area contributed by atoms with E-state index in [1.54, 1.807) is 0 Å². The molecule has 4 N–H and O–H groups in total. The maximum atomic E-state index is 6.11. The predicted octanol–water partition coefficient (Wildman–Crippen LogP) is 3.24. The van der Waals surface area contributed by atoms with Crippen molar-refractivity contribution in [3.8, 4) is 0 Å². The van der Waals surface area contributed by atoms with Crippen molar-refractivity contribution < 1.29 is 0 Å². The highest BCUT2D eigenvalue weighted by molar-refractivity contribution is 6.05. The fourth-order valence-electron chi connectivity index (χ4n) is 2.32. The van der Waals surface area contributed by atoms with Crippen molar-refractivity contribution in [1.82, 2.24) is 0 Å². The third-order valence-electron chi connectivity index (χ3n) is 3.50. The predicted molar refractivity (Wildman–Crippen MR) is 71.7 cm³/mol. The molecule has 2 nitrogen and oxygen atoms in total. The number of aryl methyl sites for hydroxylation is 4. The summed E-state index contributed by atoms with van der Waals surface area (Å²) in [6.07, 6.45) is 0. The van der Waals surface area contributed by atoms with E-state index >= 15 is 0 Å². The summed E-state index contributed by atoms with van der Waals surface area (Å²) in [5.74, 6) is 0. The van der Waals surface area contributed by atoms with Crippen LogP contribution in [0.5, 0.6) is 0 Å². The standard InChI is InChI=1S/C14H18N2/c1-7-5-11(15)14-10(4)8(2)6-12(16)13(14)9(7)3/h5-6H,15-16H2,1-4H3. The highest BCUT2D eigenvalue weighted by atomic mass is 14.6. The lowest BCUT2D eigenvalue weighted by atomic mass is 9.92. The molecule has 0 fully saturated rings. The maximum Gasteiger partial charge on any atom is 0.0400 e. The molecule has 84 valence electrons. The minimum atomic E-state index is 0.825. The van der Waals surface area contributed by atoms with Crippen LogP contribution >= 0.6 is 0 Å². The number of rotatable bonds is 0. The van der Waals surface area contributed by atoms with Gasteiger partial charge in [0.1, 0.15) is 0 Å². The Kier molecular flexibility index (Phi) is 2.30. The van der Waals surface area contributed by atoms with Crippen LogP contribution in [0.3, 0.4) is 0 Å². The number of nitrogens with two attached hydrogens (primary N) is 2. The summed E-state index contributed by atoms with van der Waals surface area (Å²) in [6, 6.07) is 4.06. The molecule has 0 aliphatic heterocycles. The lowest BCUT2D eigenvalue weighted by Gasteiger charge is -2.15. The first-order chi connectivity index (χ1) is 7.43. The fraction of sp³-hybridized carbons (Fsp3) is 0.286. The van der Waals surface area contributed by atoms with Crippen LogP contribution in [0.15, 0.2) is 12.1 Å². The molecule has 0 unspecified atom stereocenters. The Morgan fingerprint density at radius 2 is 1.00 bits per heavy atom. The van der Waals surface area contributed by atoms with Crippen molar-refractivity contribution >= 4 is 22.1 Å². The van der Waals surface area contributed by atoms with E-state index in [1.165, 1.54) is 22.3 Å². The van der Waals surface area contributed by atoms with Crippen LogP contribution in [0.1, 0.15) is 22.3 Å². The quantitative estimate of drug-likeness (QED) is 0.661. The molecule has 0 aliphatic rings. The third kappa shape index (κ3) is 1.33. The van der Waals surface area contributed by atoms with Crippen molar-refractivity contribution in [2.45, 2.75) is 27.7 Å². The van der Waals surface area contributed by atoms with Gasteiger partial charge in [-0.3, -0.25) is 0 Å². The average molecular weight is 214 g/mol. The highest BCUT2D eigenvalue weighted by Gasteiger charge is 2.11. The van der Waals surface area contributed by atoms with Gasteiger partial charge in [0.15, 0.2) is 0 Å². The molecule has 0 spiro atoms. The number of benzene rings is 2. The molecule has 2 rings (SSSR count). The fourth-order valence-corrected chi connectivity index (χ4v) is 2.32. The first-order valence-corrected chi connectivity index (χ1v) is 5.48. The van der Waals surface area contributed by atoms with Gasteiger partial charge in [-0.05, 0) is 62.1 Å². The molecule has 2 aromatic carbocycles. The summed E-state index contributed by atoms with van der Waals surface area (Å²) in [5.41, 5.74) is 18.7. The molecular formula is C14H18N2. The monoisotopic (exact) mass is 214 g/mol. The zero-order valence-electron chi connectivity index (χ0n) is 10.3. The maximum absolute atomic E-state index is 6.11. The number of hydrogen-bond donors (Lipinski definition) is 2. The van der Waals surface area contributed by atoms with Gasteiger partial charge in [-0.1, -0.05) is 0 Å². The van der Waals surface area contributed by atoms with Crippen molar-refractivity contribution in [2.75, 3.05) is 11.5 Å². The van der Waals surface area contributed by atoms with Crippen molar-refractivity contribution in [3.05, 3.63) is 34.4 Å². The lowest BCUT2D eigenvalue weighted by Crippen LogP contribution is -1.99. The SMILES string of the molecule is Cc1cc(N)c2c(C)c(C)cc(N)c2c1C. The Labute approximate surface area is 96.3 Å². The summed E-state index contributed by atoms with van der Waals surface area (Å²) in [4.78, 5) is 0. The molecule has 0 saturated heterocycles. The van der Waals surface area contributed by atoms with Gasteiger partial charge in [-0.2, -0.15) is 0 Å². The number of hydrogen-bond acceptors (Lipinski definition) is 2. The molecule has 0 aliphatic carbocycles. The van der Waals surface area contributed by atoms with E-state index in [-0.39, 0.29) is 0 Å². The minimum Gasteiger partial charge on any atom is -0.398 e. The second-order valence-electron chi connectivity index (χ2n) is 4.57. The summed E-state index contributed by atoms with van der Waals surface area (Å²) in [6.45, 7) is 8.34. The lowest BCUT2D eigenvalue weighted by molar-refractivity contribution is 1.34. The van der Waals surface area contributed by atoms with Gasteiger partial charge in [-0.25, -0.2) is 0 Å². The first-order valence-electron chi connectivity index (χ1n) is 5.48. The van der Waals surface area contributed by atoms with E-state index in [0.717, 1.165) is 22.1 Å². The van der Waals surface area contributed by atoms with Gasteiger partial charge in [0.25, 0.3) is 0 Å². The highest BCUT2D eigenvalue weighted by Crippen LogP contribution is 2.35. The van der Waals surface area contributed by atoms with E-state index in [0.29, 0.717) is 0 Å². The molecule has 16 heavy (non-hydrogen) atoms. The molecule has 0 heterocycles. The van der Waals surface area contributed by atoms with E-state index < -0.39 is 0 Å². The Morgan fingerprint density at radius 1 is 0.688 bits per heavy atom. The smallest absolute Gasteiger partial charge is 0.0400 e. The van der Waals surface area contributed by atoms with Crippen LogP contribution in [0.2, 0.25) is 0 Å². The van der Waals surface area contributed by atoms with Gasteiger partial charge in [-0.15, -0.1) is 0 Å². The first kappa shape index (κ1) is 10.8. The van der Waals surface area contributed by atoms with Crippen molar-refractivity contribution in [1.29, 1.82) is 0 Å². The molecule has 2 heteroatoms. The molecule has 0 bridgehead atoms. The van der Waals surface area contributed by atoms with Crippen LogP contribution in [0, 0.1) is 27.7 Å². The van der Waals surface area contributed by atoms with Crippen LogP contribution < -0.4 is 11.5 Å². The molecule has 0 aromatic heterocycles. The van der Waals surface area contributed by atoms with Crippen LogP contribution in [0.4, 0.5) is 11.4 Å². The molecule has 0 amide bonds. The van der Waals surface area contributed by atoms with Gasteiger partial charge in [0.05, 0.1) is 0 Å². The molecule has 2 aromatic rings. The summed E-state index contributed by atoms with van der Waals surface area (Å²) >= 11 is 0. The molecule has 0 saturated carbocycles. The number of anilines is 2. The van der Waals surface area contributed by atoms with E-state index in [4.69, 9.17) is 11.5 Å². The summed E-state index contributed by atoms with van der Waals surface area (Å²) < 4.78 is 0. The summed E-state index contributed by atoms with van der Waals surface area (Å²) in [5, 5.41) is 2.22.